The van der Waals surface area contributed by atoms with E-state index in [0.717, 1.165) is 0 Å². The van der Waals surface area contributed by atoms with Crippen molar-refractivity contribution in [3.05, 3.63) is 17.9 Å². The second-order valence-corrected chi connectivity index (χ2v) is 3.97. The molecule has 0 aliphatic carbocycles. The van der Waals surface area contributed by atoms with Crippen LogP contribution in [0.2, 0.25) is 0 Å². The third-order valence-electron chi connectivity index (χ3n) is 2.36. The van der Waals surface area contributed by atoms with Gasteiger partial charge >= 0.3 is 0 Å². The molecule has 0 saturated carbocycles. The predicted octanol–water partition coefficient (Wildman–Crippen LogP) is 1.85. The van der Waals surface area contributed by atoms with Crippen LogP contribution in [-0.2, 0) is 0 Å². The molecule has 0 amide bonds. The summed E-state index contributed by atoms with van der Waals surface area (Å²) in [5, 5.41) is 12.0. The first kappa shape index (κ1) is 13.6. The van der Waals surface area contributed by atoms with Gasteiger partial charge in [-0.3, -0.25) is 0 Å². The highest BCUT2D eigenvalue weighted by atomic mass is 19.1. The quantitative estimate of drug-likeness (QED) is 0.666. The zero-order valence-electron chi connectivity index (χ0n) is 10.2. The smallest absolute Gasteiger partial charge is 0.167 e. The van der Waals surface area contributed by atoms with Crippen LogP contribution in [0.5, 0.6) is 5.75 Å². The number of anilines is 2. The molecule has 4 N–H and O–H groups in total. The van der Waals surface area contributed by atoms with E-state index in [9.17, 15) is 4.39 Å². The second-order valence-electron chi connectivity index (χ2n) is 3.97. The third-order valence-corrected chi connectivity index (χ3v) is 2.36. The summed E-state index contributed by atoms with van der Waals surface area (Å²) in [6, 6.07) is 2.77. The van der Waals surface area contributed by atoms with Crippen LogP contribution < -0.4 is 15.8 Å². The Balaban J connectivity index is 2.80. The first-order valence-corrected chi connectivity index (χ1v) is 5.65. The largest absolute Gasteiger partial charge is 0.491 e. The standard InChI is InChI=1S/C12H19FN2O2/c1-3-17-12-5-11(10(14)4-9(12)13)15-6-8(2)7-16/h4-5,8,15-16H,3,6-7,14H2,1-2H3. The number of aliphatic hydroxyl groups is 1. The summed E-state index contributed by atoms with van der Waals surface area (Å²) in [6.45, 7) is 4.74. The number of hydrogen-bond acceptors (Lipinski definition) is 4. The molecule has 96 valence electrons. The van der Waals surface area contributed by atoms with Gasteiger partial charge in [0.15, 0.2) is 11.6 Å². The van der Waals surface area contributed by atoms with Gasteiger partial charge in [-0.15, -0.1) is 0 Å². The average molecular weight is 242 g/mol. The van der Waals surface area contributed by atoms with Gasteiger partial charge in [0, 0.05) is 25.3 Å². The van der Waals surface area contributed by atoms with Crippen molar-refractivity contribution in [1.29, 1.82) is 0 Å². The lowest BCUT2D eigenvalue weighted by molar-refractivity contribution is 0.244. The Morgan fingerprint density at radius 2 is 2.24 bits per heavy atom. The molecule has 0 aliphatic heterocycles. The van der Waals surface area contributed by atoms with Gasteiger partial charge in [-0.25, -0.2) is 4.39 Å². The lowest BCUT2D eigenvalue weighted by Crippen LogP contribution is -2.15. The van der Waals surface area contributed by atoms with Crippen LogP contribution in [0.3, 0.4) is 0 Å². The number of benzene rings is 1. The van der Waals surface area contributed by atoms with Crippen molar-refractivity contribution in [2.75, 3.05) is 30.8 Å². The van der Waals surface area contributed by atoms with Crippen LogP contribution in [0.15, 0.2) is 12.1 Å². The van der Waals surface area contributed by atoms with E-state index in [2.05, 4.69) is 5.32 Å². The highest BCUT2D eigenvalue weighted by Gasteiger charge is 2.09. The molecule has 0 aromatic heterocycles. The maximum atomic E-state index is 13.4. The number of nitrogens with one attached hydrogen (secondary N) is 1. The van der Waals surface area contributed by atoms with Crippen molar-refractivity contribution in [2.45, 2.75) is 13.8 Å². The third kappa shape index (κ3) is 3.78. The van der Waals surface area contributed by atoms with Crippen LogP contribution in [0.1, 0.15) is 13.8 Å². The highest BCUT2D eigenvalue weighted by molar-refractivity contribution is 5.68. The van der Waals surface area contributed by atoms with Crippen molar-refractivity contribution >= 4 is 11.4 Å². The molecule has 0 radical (unpaired) electrons. The van der Waals surface area contributed by atoms with E-state index < -0.39 is 5.82 Å². The molecule has 1 unspecified atom stereocenters. The molecule has 0 heterocycles. The van der Waals surface area contributed by atoms with Gasteiger partial charge < -0.3 is 20.9 Å². The highest BCUT2D eigenvalue weighted by Crippen LogP contribution is 2.28. The van der Waals surface area contributed by atoms with E-state index >= 15 is 0 Å². The summed E-state index contributed by atoms with van der Waals surface area (Å²) in [5.41, 5.74) is 6.64. The molecule has 1 atom stereocenters. The Morgan fingerprint density at radius 1 is 1.53 bits per heavy atom. The molecule has 4 nitrogen and oxygen atoms in total. The topological polar surface area (TPSA) is 67.5 Å². The van der Waals surface area contributed by atoms with Gasteiger partial charge in [-0.1, -0.05) is 6.92 Å². The van der Waals surface area contributed by atoms with Crippen LogP contribution in [0.25, 0.3) is 0 Å². The fraction of sp³-hybridized carbons (Fsp3) is 0.500. The zero-order chi connectivity index (χ0) is 12.8. The van der Waals surface area contributed by atoms with Crippen molar-refractivity contribution in [3.63, 3.8) is 0 Å². The van der Waals surface area contributed by atoms with Crippen molar-refractivity contribution < 1.29 is 14.2 Å². The van der Waals surface area contributed by atoms with Gasteiger partial charge in [-0.2, -0.15) is 0 Å². The van der Waals surface area contributed by atoms with Crippen LogP contribution in [-0.4, -0.2) is 24.9 Å². The van der Waals surface area contributed by atoms with Gasteiger partial charge in [0.25, 0.3) is 0 Å². The average Bonchev–Trinajstić information content (AvgIpc) is 2.30. The predicted molar refractivity (Wildman–Crippen MR) is 66.7 cm³/mol. The van der Waals surface area contributed by atoms with Crippen LogP contribution in [0.4, 0.5) is 15.8 Å². The summed E-state index contributed by atoms with van der Waals surface area (Å²) in [4.78, 5) is 0. The summed E-state index contributed by atoms with van der Waals surface area (Å²) in [6.07, 6.45) is 0. The zero-order valence-corrected chi connectivity index (χ0v) is 10.2. The van der Waals surface area contributed by atoms with Crippen molar-refractivity contribution in [1.82, 2.24) is 0 Å². The molecule has 5 heteroatoms. The molecule has 0 aliphatic rings. The molecular weight excluding hydrogens is 223 g/mol. The summed E-state index contributed by atoms with van der Waals surface area (Å²) < 4.78 is 18.6. The molecule has 1 aromatic rings. The Bertz CT molecular complexity index is 372. The summed E-state index contributed by atoms with van der Waals surface area (Å²) in [5.74, 6) is -0.180. The molecule has 1 rings (SSSR count). The molecule has 0 spiro atoms. The maximum absolute atomic E-state index is 13.4. The van der Waals surface area contributed by atoms with E-state index in [1.165, 1.54) is 12.1 Å². The normalized spacial score (nSPS) is 12.2. The fourth-order valence-corrected chi connectivity index (χ4v) is 1.34. The maximum Gasteiger partial charge on any atom is 0.167 e. The monoisotopic (exact) mass is 242 g/mol. The number of aliphatic hydroxyl groups excluding tert-OH is 1. The molecule has 0 saturated heterocycles. The number of nitrogen functional groups attached to an aromatic ring is 1. The number of rotatable bonds is 6. The lowest BCUT2D eigenvalue weighted by atomic mass is 10.2. The van der Waals surface area contributed by atoms with Crippen molar-refractivity contribution in [3.8, 4) is 5.75 Å². The van der Waals surface area contributed by atoms with Gasteiger partial charge in [-0.05, 0) is 12.8 Å². The summed E-state index contributed by atoms with van der Waals surface area (Å²) in [7, 11) is 0. The van der Waals surface area contributed by atoms with E-state index in [1.807, 2.05) is 6.92 Å². The molecule has 17 heavy (non-hydrogen) atoms. The van der Waals surface area contributed by atoms with E-state index in [-0.39, 0.29) is 18.3 Å². The van der Waals surface area contributed by atoms with Crippen LogP contribution in [0, 0.1) is 11.7 Å². The Kier molecular flexibility index (Phi) is 5.03. The van der Waals surface area contributed by atoms with Gasteiger partial charge in [0.05, 0.1) is 18.0 Å². The molecular formula is C12H19FN2O2. The van der Waals surface area contributed by atoms with E-state index in [0.29, 0.717) is 24.5 Å². The SMILES string of the molecule is CCOc1cc(NCC(C)CO)c(N)cc1F. The Labute approximate surface area is 101 Å². The first-order valence-electron chi connectivity index (χ1n) is 5.65. The van der Waals surface area contributed by atoms with Gasteiger partial charge in [0.1, 0.15) is 0 Å². The Hall–Kier alpha value is -1.49. The Morgan fingerprint density at radius 3 is 2.82 bits per heavy atom. The van der Waals surface area contributed by atoms with E-state index in [4.69, 9.17) is 15.6 Å². The van der Waals surface area contributed by atoms with Crippen LogP contribution >= 0.6 is 0 Å². The minimum atomic E-state index is -0.467. The minimum Gasteiger partial charge on any atom is -0.491 e. The van der Waals surface area contributed by atoms with Gasteiger partial charge in [0.2, 0.25) is 0 Å². The molecule has 1 aromatic carbocycles. The lowest BCUT2D eigenvalue weighted by Gasteiger charge is -2.14. The number of halogens is 1. The first-order chi connectivity index (χ1) is 8.08. The van der Waals surface area contributed by atoms with E-state index in [1.54, 1.807) is 6.92 Å². The molecule has 0 bridgehead atoms. The number of ether oxygens (including phenoxy) is 1. The van der Waals surface area contributed by atoms with Crippen molar-refractivity contribution in [2.24, 2.45) is 5.92 Å². The number of nitrogens with two attached hydrogens (primary N) is 1. The minimum absolute atomic E-state index is 0.0897. The molecule has 0 fully saturated rings. The fourth-order valence-electron chi connectivity index (χ4n) is 1.34. The second kappa shape index (κ2) is 6.30. The summed E-state index contributed by atoms with van der Waals surface area (Å²) >= 11 is 0. The number of hydrogen-bond donors (Lipinski definition) is 3.